The summed E-state index contributed by atoms with van der Waals surface area (Å²) in [5.41, 5.74) is 5.37. The van der Waals surface area contributed by atoms with E-state index in [2.05, 4.69) is 10.3 Å². The Balaban J connectivity index is 2.23. The first-order valence-electron chi connectivity index (χ1n) is 5.88. The minimum atomic E-state index is -0.119. The van der Waals surface area contributed by atoms with Gasteiger partial charge in [0.2, 0.25) is 5.91 Å². The molecule has 0 bridgehead atoms. The van der Waals surface area contributed by atoms with Gasteiger partial charge in [-0.05, 0) is 31.5 Å². The molecule has 17 heavy (non-hydrogen) atoms. The van der Waals surface area contributed by atoms with E-state index in [1.165, 1.54) is 12.3 Å². The van der Waals surface area contributed by atoms with E-state index in [0.717, 1.165) is 25.7 Å². The zero-order chi connectivity index (χ0) is 12.5. The number of unbranched alkanes of at least 4 members (excludes halogenated alkanes) is 3. The number of carbonyl (C=O) groups is 1. The monoisotopic (exact) mass is 237 g/mol. The minimum absolute atomic E-state index is 0.0102. The van der Waals surface area contributed by atoms with Crippen molar-refractivity contribution in [1.29, 1.82) is 0 Å². The summed E-state index contributed by atoms with van der Waals surface area (Å²) < 4.78 is 0. The molecule has 0 fully saturated rings. The summed E-state index contributed by atoms with van der Waals surface area (Å²) in [5.74, 6) is 0.0928. The molecule has 94 valence electrons. The van der Waals surface area contributed by atoms with Gasteiger partial charge in [0.15, 0.2) is 11.6 Å². The van der Waals surface area contributed by atoms with E-state index in [-0.39, 0.29) is 17.5 Å². The Labute approximate surface area is 101 Å². The van der Waals surface area contributed by atoms with Crippen molar-refractivity contribution in [3.8, 4) is 5.75 Å². The van der Waals surface area contributed by atoms with Crippen LogP contribution in [-0.2, 0) is 4.79 Å². The van der Waals surface area contributed by atoms with Crippen LogP contribution in [0.5, 0.6) is 5.75 Å². The lowest BCUT2D eigenvalue weighted by Gasteiger charge is -2.05. The lowest BCUT2D eigenvalue weighted by molar-refractivity contribution is -0.116. The predicted octanol–water partition coefficient (Wildman–Crippen LogP) is 1.63. The van der Waals surface area contributed by atoms with Crippen molar-refractivity contribution >= 4 is 11.7 Å². The maximum atomic E-state index is 11.5. The van der Waals surface area contributed by atoms with E-state index >= 15 is 0 Å². The van der Waals surface area contributed by atoms with Gasteiger partial charge in [-0.15, -0.1) is 0 Å². The number of aromatic nitrogens is 1. The Morgan fingerprint density at radius 2 is 2.12 bits per heavy atom. The van der Waals surface area contributed by atoms with Crippen LogP contribution < -0.4 is 11.1 Å². The fraction of sp³-hybridized carbons (Fsp3) is 0.500. The third kappa shape index (κ3) is 5.31. The number of hydrogen-bond acceptors (Lipinski definition) is 4. The van der Waals surface area contributed by atoms with Crippen molar-refractivity contribution in [3.05, 3.63) is 18.3 Å². The molecule has 5 heteroatoms. The number of anilines is 1. The van der Waals surface area contributed by atoms with E-state index in [1.807, 2.05) is 0 Å². The molecule has 1 aromatic heterocycles. The van der Waals surface area contributed by atoms with Crippen molar-refractivity contribution in [1.82, 2.24) is 4.98 Å². The molecular formula is C12H19N3O2. The summed E-state index contributed by atoms with van der Waals surface area (Å²) in [6.45, 7) is 0.702. The van der Waals surface area contributed by atoms with Crippen LogP contribution >= 0.6 is 0 Å². The second kappa shape index (κ2) is 7.62. The maximum absolute atomic E-state index is 11.5. The molecule has 0 unspecified atom stereocenters. The van der Waals surface area contributed by atoms with Crippen LogP contribution in [0.25, 0.3) is 0 Å². The van der Waals surface area contributed by atoms with Crippen LogP contribution in [0.4, 0.5) is 5.82 Å². The fourth-order valence-corrected chi connectivity index (χ4v) is 1.47. The smallest absolute Gasteiger partial charge is 0.225 e. The van der Waals surface area contributed by atoms with Crippen molar-refractivity contribution in [2.75, 3.05) is 11.9 Å². The first-order valence-corrected chi connectivity index (χ1v) is 5.88. The Bertz CT molecular complexity index is 355. The molecule has 0 saturated heterocycles. The number of nitrogens with two attached hydrogens (primary N) is 1. The SMILES string of the molecule is NCCCCCCC(=O)Nc1ncccc1O. The first-order chi connectivity index (χ1) is 8.24. The number of rotatable bonds is 7. The van der Waals surface area contributed by atoms with Crippen LogP contribution in [0, 0.1) is 0 Å². The van der Waals surface area contributed by atoms with Gasteiger partial charge in [-0.1, -0.05) is 12.8 Å². The van der Waals surface area contributed by atoms with Crippen molar-refractivity contribution < 1.29 is 9.90 Å². The van der Waals surface area contributed by atoms with Crippen molar-refractivity contribution in [3.63, 3.8) is 0 Å². The average molecular weight is 237 g/mol. The van der Waals surface area contributed by atoms with Gasteiger partial charge < -0.3 is 16.2 Å². The largest absolute Gasteiger partial charge is 0.504 e. The highest BCUT2D eigenvalue weighted by Crippen LogP contribution is 2.18. The molecule has 0 aromatic carbocycles. The zero-order valence-electron chi connectivity index (χ0n) is 9.85. The fourth-order valence-electron chi connectivity index (χ4n) is 1.47. The van der Waals surface area contributed by atoms with Crippen molar-refractivity contribution in [2.24, 2.45) is 5.73 Å². The van der Waals surface area contributed by atoms with Crippen LogP contribution in [0.1, 0.15) is 32.1 Å². The Morgan fingerprint density at radius 3 is 2.82 bits per heavy atom. The first kappa shape index (κ1) is 13.4. The highest BCUT2D eigenvalue weighted by molar-refractivity contribution is 5.90. The van der Waals surface area contributed by atoms with Gasteiger partial charge in [0, 0.05) is 12.6 Å². The molecule has 0 aliphatic heterocycles. The highest BCUT2D eigenvalue weighted by atomic mass is 16.3. The van der Waals surface area contributed by atoms with Crippen LogP contribution in [0.15, 0.2) is 18.3 Å². The lowest BCUT2D eigenvalue weighted by Crippen LogP contribution is -2.12. The summed E-state index contributed by atoms with van der Waals surface area (Å²) in [5, 5.41) is 12.0. The molecule has 0 spiro atoms. The zero-order valence-corrected chi connectivity index (χ0v) is 9.85. The third-order valence-electron chi connectivity index (χ3n) is 2.40. The molecule has 1 rings (SSSR count). The minimum Gasteiger partial charge on any atom is -0.504 e. The molecule has 0 saturated carbocycles. The van der Waals surface area contributed by atoms with Gasteiger partial charge in [-0.25, -0.2) is 4.98 Å². The summed E-state index contributed by atoms with van der Waals surface area (Å²) in [4.78, 5) is 15.4. The lowest BCUT2D eigenvalue weighted by atomic mass is 10.1. The number of amides is 1. The van der Waals surface area contributed by atoms with E-state index in [1.54, 1.807) is 6.07 Å². The van der Waals surface area contributed by atoms with E-state index in [0.29, 0.717) is 13.0 Å². The molecule has 0 atom stereocenters. The molecule has 1 aromatic rings. The number of aromatic hydroxyl groups is 1. The van der Waals surface area contributed by atoms with Crippen LogP contribution in [0.2, 0.25) is 0 Å². The summed E-state index contributed by atoms with van der Waals surface area (Å²) >= 11 is 0. The standard InChI is InChI=1S/C12H19N3O2/c13-8-4-2-1-3-7-11(17)15-12-10(16)6-5-9-14-12/h5-6,9,16H,1-4,7-8,13H2,(H,14,15,17). The van der Waals surface area contributed by atoms with E-state index < -0.39 is 0 Å². The van der Waals surface area contributed by atoms with Gasteiger partial charge in [0.05, 0.1) is 0 Å². The Hall–Kier alpha value is -1.62. The number of nitrogens with one attached hydrogen (secondary N) is 1. The van der Waals surface area contributed by atoms with Crippen LogP contribution in [-0.4, -0.2) is 22.5 Å². The number of pyridine rings is 1. The molecular weight excluding hydrogens is 218 g/mol. The number of hydrogen-bond donors (Lipinski definition) is 3. The molecule has 5 nitrogen and oxygen atoms in total. The normalized spacial score (nSPS) is 10.2. The second-order valence-electron chi connectivity index (χ2n) is 3.87. The van der Waals surface area contributed by atoms with Gasteiger partial charge in [0.25, 0.3) is 0 Å². The molecule has 4 N–H and O–H groups in total. The predicted molar refractivity (Wildman–Crippen MR) is 66.7 cm³/mol. The summed E-state index contributed by atoms with van der Waals surface area (Å²) in [6, 6.07) is 3.10. The number of carbonyl (C=O) groups excluding carboxylic acids is 1. The molecule has 0 radical (unpaired) electrons. The van der Waals surface area contributed by atoms with Gasteiger partial charge in [0.1, 0.15) is 0 Å². The Kier molecular flexibility index (Phi) is 6.03. The van der Waals surface area contributed by atoms with Crippen LogP contribution in [0.3, 0.4) is 0 Å². The molecule has 0 aliphatic carbocycles. The molecule has 0 aliphatic rings. The number of nitrogens with zero attached hydrogens (tertiary/aromatic N) is 1. The molecule has 1 heterocycles. The van der Waals surface area contributed by atoms with E-state index in [4.69, 9.17) is 5.73 Å². The summed E-state index contributed by atoms with van der Waals surface area (Å²) in [6.07, 6.45) is 5.86. The average Bonchev–Trinajstić information content (AvgIpc) is 2.32. The van der Waals surface area contributed by atoms with Gasteiger partial charge in [-0.2, -0.15) is 0 Å². The maximum Gasteiger partial charge on any atom is 0.225 e. The van der Waals surface area contributed by atoms with Gasteiger partial charge >= 0.3 is 0 Å². The quantitative estimate of drug-likeness (QED) is 0.629. The highest BCUT2D eigenvalue weighted by Gasteiger charge is 2.06. The van der Waals surface area contributed by atoms with Crippen molar-refractivity contribution in [2.45, 2.75) is 32.1 Å². The second-order valence-corrected chi connectivity index (χ2v) is 3.87. The summed E-state index contributed by atoms with van der Waals surface area (Å²) in [7, 11) is 0. The van der Waals surface area contributed by atoms with Gasteiger partial charge in [-0.3, -0.25) is 4.79 Å². The van der Waals surface area contributed by atoms with E-state index in [9.17, 15) is 9.90 Å². The third-order valence-corrected chi connectivity index (χ3v) is 2.40. The molecule has 1 amide bonds. The topological polar surface area (TPSA) is 88.2 Å². The Morgan fingerprint density at radius 1 is 1.35 bits per heavy atom.